The zero-order valence-corrected chi connectivity index (χ0v) is 11.1. The van der Waals surface area contributed by atoms with Gasteiger partial charge in [-0.2, -0.15) is 0 Å². The molecule has 0 bridgehead atoms. The fourth-order valence-electron chi connectivity index (χ4n) is 1.17. The summed E-state index contributed by atoms with van der Waals surface area (Å²) in [6.07, 6.45) is 7.02. The molecular weight excluding hydrogens is 228 g/mol. The van der Waals surface area contributed by atoms with Gasteiger partial charge in [-0.05, 0) is 6.42 Å². The molecule has 1 aliphatic heterocycles. The Balaban J connectivity index is 0.000000325. The van der Waals surface area contributed by atoms with E-state index in [0.717, 1.165) is 6.67 Å². The summed E-state index contributed by atoms with van der Waals surface area (Å²) in [4.78, 5) is 3.86. The van der Waals surface area contributed by atoms with Crippen LogP contribution in [0.15, 0.2) is 12.4 Å². The highest BCUT2D eigenvalue weighted by atomic mass is 32.2. The highest BCUT2D eigenvalue weighted by molar-refractivity contribution is 7.85. The van der Waals surface area contributed by atoms with E-state index in [4.69, 9.17) is 0 Å². The van der Waals surface area contributed by atoms with E-state index in [1.165, 1.54) is 31.2 Å². The van der Waals surface area contributed by atoms with Crippen LogP contribution < -0.4 is 4.90 Å². The monoisotopic (exact) mass is 250 g/mol. The number of hydrogen-bond acceptors (Lipinski definition) is 4. The smallest absolute Gasteiger partial charge is 0.156 e. The summed E-state index contributed by atoms with van der Waals surface area (Å²) in [6, 6.07) is 0. The van der Waals surface area contributed by atoms with E-state index in [9.17, 15) is 13.0 Å². The first-order valence-corrected chi connectivity index (χ1v) is 7.15. The summed E-state index contributed by atoms with van der Waals surface area (Å²) in [7, 11) is -1.73. The van der Waals surface area contributed by atoms with E-state index in [1.807, 2.05) is 0 Å². The van der Waals surface area contributed by atoms with Crippen molar-refractivity contribution in [3.8, 4) is 0 Å². The molecule has 1 heterocycles. The first-order valence-electron chi connectivity index (χ1n) is 5.57. The minimum atomic E-state index is -3.91. The molecule has 0 radical (unpaired) electrons. The third-order valence-electron chi connectivity index (χ3n) is 2.17. The summed E-state index contributed by atoms with van der Waals surface area (Å²) in [5, 5.41) is 0. The highest BCUT2D eigenvalue weighted by Gasteiger charge is 2.10. The van der Waals surface area contributed by atoms with E-state index >= 15 is 0 Å². The fourth-order valence-corrected chi connectivity index (χ4v) is 1.17. The Morgan fingerprint density at radius 2 is 2.00 bits per heavy atom. The third-order valence-corrected chi connectivity index (χ3v) is 2.88. The van der Waals surface area contributed by atoms with Crippen LogP contribution in [0, 0.1) is 0 Å². The molecule has 0 spiro atoms. The second-order valence-corrected chi connectivity index (χ2v) is 5.53. The van der Waals surface area contributed by atoms with Crippen molar-refractivity contribution < 1.29 is 17.9 Å². The Bertz CT molecular complexity index is 301. The summed E-state index contributed by atoms with van der Waals surface area (Å²) in [6.45, 7) is 5.92. The zero-order chi connectivity index (χ0) is 12.6. The Kier molecular flexibility index (Phi) is 7.36. The average Bonchev–Trinajstić information content (AvgIpc) is 2.61. The molecule has 16 heavy (non-hydrogen) atoms. The maximum Gasteiger partial charge on any atom is 0.156 e. The average molecular weight is 250 g/mol. The van der Waals surface area contributed by atoms with Crippen molar-refractivity contribution in [1.82, 2.24) is 4.90 Å². The number of nitrogens with one attached hydrogen (secondary N) is 1. The first kappa shape index (κ1) is 15.4. The van der Waals surface area contributed by atoms with Gasteiger partial charge in [0.05, 0.1) is 23.4 Å². The SMILES string of the molecule is CCCCN1C=C[NH+](C)C1.CCS(=O)(=O)[O-]. The predicted octanol–water partition coefficient (Wildman–Crippen LogP) is -0.403. The number of hydrogen-bond donors (Lipinski definition) is 1. The third kappa shape index (κ3) is 8.70. The molecule has 1 aliphatic rings. The molecule has 0 aromatic rings. The van der Waals surface area contributed by atoms with Crippen LogP contribution in [0.5, 0.6) is 0 Å². The Morgan fingerprint density at radius 3 is 2.31 bits per heavy atom. The molecule has 0 aromatic carbocycles. The van der Waals surface area contributed by atoms with Crippen molar-refractivity contribution in [2.75, 3.05) is 26.0 Å². The summed E-state index contributed by atoms with van der Waals surface area (Å²) >= 11 is 0. The van der Waals surface area contributed by atoms with Crippen LogP contribution in [0.1, 0.15) is 26.7 Å². The van der Waals surface area contributed by atoms with Crippen molar-refractivity contribution >= 4 is 10.1 Å². The van der Waals surface area contributed by atoms with E-state index < -0.39 is 10.1 Å². The standard InChI is InChI=1S/C8H16N2.C2H6O3S/c1-3-4-5-10-7-6-9(2)8-10;1-2-6(3,4)5/h6-7H,3-5,8H2,1-2H3;2H2,1H3,(H,3,4,5). The minimum absolute atomic E-state index is 0.312. The molecule has 5 nitrogen and oxygen atoms in total. The lowest BCUT2D eigenvalue weighted by atomic mass is 10.3. The second kappa shape index (κ2) is 7.65. The van der Waals surface area contributed by atoms with Crippen LogP contribution in [0.2, 0.25) is 0 Å². The van der Waals surface area contributed by atoms with Crippen molar-refractivity contribution in [3.05, 3.63) is 12.4 Å². The molecule has 1 N–H and O–H groups in total. The molecule has 0 aliphatic carbocycles. The molecule has 6 heteroatoms. The lowest BCUT2D eigenvalue weighted by molar-refractivity contribution is -0.826. The van der Waals surface area contributed by atoms with E-state index in [0.29, 0.717) is 0 Å². The minimum Gasteiger partial charge on any atom is -0.748 e. The lowest BCUT2D eigenvalue weighted by Gasteiger charge is -2.13. The zero-order valence-electron chi connectivity index (χ0n) is 10.3. The van der Waals surface area contributed by atoms with E-state index in [2.05, 4.69) is 31.3 Å². The van der Waals surface area contributed by atoms with Crippen molar-refractivity contribution in [1.29, 1.82) is 0 Å². The van der Waals surface area contributed by atoms with Gasteiger partial charge in [-0.3, -0.25) is 4.90 Å². The topological polar surface area (TPSA) is 64.9 Å². The van der Waals surface area contributed by atoms with Crippen LogP contribution in [0.3, 0.4) is 0 Å². The van der Waals surface area contributed by atoms with Gasteiger partial charge in [0, 0.05) is 12.3 Å². The molecule has 0 fully saturated rings. The normalized spacial score (nSPS) is 19.5. The number of quaternary nitrogens is 1. The van der Waals surface area contributed by atoms with Crippen LogP contribution in [0.4, 0.5) is 0 Å². The van der Waals surface area contributed by atoms with E-state index in [1.54, 1.807) is 0 Å². The summed E-state index contributed by atoms with van der Waals surface area (Å²) in [5.41, 5.74) is 0. The molecule has 1 unspecified atom stereocenters. The summed E-state index contributed by atoms with van der Waals surface area (Å²) in [5.74, 6) is -0.312. The molecular formula is C10H22N2O3S. The largest absolute Gasteiger partial charge is 0.748 e. The maximum absolute atomic E-state index is 9.44. The van der Waals surface area contributed by atoms with Gasteiger partial charge in [0.15, 0.2) is 6.67 Å². The van der Waals surface area contributed by atoms with Crippen LogP contribution in [-0.2, 0) is 10.1 Å². The Morgan fingerprint density at radius 1 is 1.44 bits per heavy atom. The molecule has 1 atom stereocenters. The van der Waals surface area contributed by atoms with Gasteiger partial charge >= 0.3 is 0 Å². The fraction of sp³-hybridized carbons (Fsp3) is 0.800. The molecule has 0 aromatic heterocycles. The predicted molar refractivity (Wildman–Crippen MR) is 62.7 cm³/mol. The van der Waals surface area contributed by atoms with E-state index in [-0.39, 0.29) is 5.75 Å². The van der Waals surface area contributed by atoms with Gasteiger partial charge in [-0.1, -0.05) is 20.3 Å². The number of rotatable bonds is 4. The maximum atomic E-state index is 9.44. The van der Waals surface area contributed by atoms with Gasteiger partial charge in [0.2, 0.25) is 0 Å². The Hall–Kier alpha value is -0.590. The van der Waals surface area contributed by atoms with Crippen LogP contribution in [-0.4, -0.2) is 43.9 Å². The van der Waals surface area contributed by atoms with Crippen LogP contribution >= 0.6 is 0 Å². The van der Waals surface area contributed by atoms with Crippen LogP contribution in [0.25, 0.3) is 0 Å². The molecule has 0 saturated carbocycles. The molecule has 0 amide bonds. The molecule has 96 valence electrons. The quantitative estimate of drug-likeness (QED) is 0.689. The van der Waals surface area contributed by atoms with Gasteiger partial charge in [0.1, 0.15) is 6.20 Å². The van der Waals surface area contributed by atoms with Gasteiger partial charge in [0.25, 0.3) is 0 Å². The van der Waals surface area contributed by atoms with Gasteiger partial charge in [-0.25, -0.2) is 8.42 Å². The molecule has 1 rings (SSSR count). The lowest BCUT2D eigenvalue weighted by Crippen LogP contribution is -3.03. The second-order valence-electron chi connectivity index (χ2n) is 3.83. The number of unbranched alkanes of at least 4 members (excludes halogenated alkanes) is 1. The van der Waals surface area contributed by atoms with Gasteiger partial charge in [-0.15, -0.1) is 0 Å². The Labute approximate surface area is 98.5 Å². The first-order chi connectivity index (χ1) is 7.39. The number of nitrogens with zero attached hydrogens (tertiary/aromatic N) is 1. The highest BCUT2D eigenvalue weighted by Crippen LogP contribution is 1.94. The van der Waals surface area contributed by atoms with Gasteiger partial charge < -0.3 is 9.45 Å². The summed E-state index contributed by atoms with van der Waals surface area (Å²) < 4.78 is 28.3. The van der Waals surface area contributed by atoms with Crippen molar-refractivity contribution in [3.63, 3.8) is 0 Å². The van der Waals surface area contributed by atoms with Crippen molar-refractivity contribution in [2.45, 2.75) is 26.7 Å². The molecule has 0 saturated heterocycles. The van der Waals surface area contributed by atoms with Crippen molar-refractivity contribution in [2.24, 2.45) is 0 Å².